The summed E-state index contributed by atoms with van der Waals surface area (Å²) in [7, 11) is 0. The first-order valence-electron chi connectivity index (χ1n) is 7.09. The van der Waals surface area contributed by atoms with Crippen molar-refractivity contribution in [3.05, 3.63) is 18.1 Å². The minimum Gasteiger partial charge on any atom is -0.352 e. The zero-order valence-electron chi connectivity index (χ0n) is 11.1. The van der Waals surface area contributed by atoms with Crippen LogP contribution in [0.4, 0.5) is 5.82 Å². The Balaban J connectivity index is 1.73. The standard InChI is InChI=1S/C14H22N4/c1-11-14(17-8-7-16-11)18(13-4-5-13)10-12-3-2-6-15-9-12/h7-8,12-13,15H,2-6,9-10H2,1H3. The lowest BCUT2D eigenvalue weighted by molar-refractivity contribution is 0.375. The van der Waals surface area contributed by atoms with Crippen LogP contribution in [0, 0.1) is 12.8 Å². The van der Waals surface area contributed by atoms with Crippen LogP contribution in [0.3, 0.4) is 0 Å². The van der Waals surface area contributed by atoms with Crippen molar-refractivity contribution >= 4 is 5.82 Å². The van der Waals surface area contributed by atoms with Gasteiger partial charge in [0.1, 0.15) is 5.82 Å². The molecule has 1 aliphatic heterocycles. The summed E-state index contributed by atoms with van der Waals surface area (Å²) in [5.41, 5.74) is 1.06. The molecule has 2 fully saturated rings. The number of nitrogens with zero attached hydrogens (tertiary/aromatic N) is 3. The normalized spacial score (nSPS) is 23.9. The number of hydrogen-bond donors (Lipinski definition) is 1. The van der Waals surface area contributed by atoms with Gasteiger partial charge in [0, 0.05) is 25.0 Å². The van der Waals surface area contributed by atoms with Crippen LogP contribution >= 0.6 is 0 Å². The highest BCUT2D eigenvalue weighted by molar-refractivity contribution is 5.45. The lowest BCUT2D eigenvalue weighted by Crippen LogP contribution is -2.40. The van der Waals surface area contributed by atoms with E-state index in [1.165, 1.54) is 32.2 Å². The molecule has 1 aliphatic carbocycles. The summed E-state index contributed by atoms with van der Waals surface area (Å²) in [6.07, 6.45) is 8.88. The Kier molecular flexibility index (Phi) is 3.46. The van der Waals surface area contributed by atoms with Crippen molar-refractivity contribution in [1.82, 2.24) is 15.3 Å². The van der Waals surface area contributed by atoms with E-state index < -0.39 is 0 Å². The fourth-order valence-corrected chi connectivity index (χ4v) is 2.83. The molecule has 0 radical (unpaired) electrons. The van der Waals surface area contributed by atoms with Crippen molar-refractivity contribution in [1.29, 1.82) is 0 Å². The molecule has 3 rings (SSSR count). The summed E-state index contributed by atoms with van der Waals surface area (Å²) in [5.74, 6) is 1.87. The van der Waals surface area contributed by atoms with E-state index in [1.807, 2.05) is 6.20 Å². The SMILES string of the molecule is Cc1nccnc1N(CC1CCCNC1)C1CC1. The van der Waals surface area contributed by atoms with Gasteiger partial charge in [-0.15, -0.1) is 0 Å². The molecule has 2 heterocycles. The van der Waals surface area contributed by atoms with E-state index in [1.54, 1.807) is 6.20 Å². The van der Waals surface area contributed by atoms with Gasteiger partial charge in [-0.25, -0.2) is 4.98 Å². The van der Waals surface area contributed by atoms with Crippen molar-refractivity contribution in [2.24, 2.45) is 5.92 Å². The number of hydrogen-bond acceptors (Lipinski definition) is 4. The molecule has 4 nitrogen and oxygen atoms in total. The molecule has 4 heteroatoms. The first-order valence-corrected chi connectivity index (χ1v) is 7.09. The zero-order valence-corrected chi connectivity index (χ0v) is 11.1. The quantitative estimate of drug-likeness (QED) is 0.879. The second-order valence-corrected chi connectivity index (χ2v) is 5.56. The lowest BCUT2D eigenvalue weighted by Gasteiger charge is -2.31. The van der Waals surface area contributed by atoms with Gasteiger partial charge in [-0.05, 0) is 51.6 Å². The number of rotatable bonds is 4. The molecule has 0 amide bonds. The summed E-state index contributed by atoms with van der Waals surface area (Å²) < 4.78 is 0. The molecule has 98 valence electrons. The molecular formula is C14H22N4. The molecule has 1 N–H and O–H groups in total. The van der Waals surface area contributed by atoms with E-state index in [-0.39, 0.29) is 0 Å². The number of piperidine rings is 1. The van der Waals surface area contributed by atoms with Crippen LogP contribution in [0.1, 0.15) is 31.4 Å². The summed E-state index contributed by atoms with van der Waals surface area (Å²) in [4.78, 5) is 11.4. The van der Waals surface area contributed by atoms with Gasteiger partial charge in [0.15, 0.2) is 0 Å². The number of aryl methyl sites for hydroxylation is 1. The van der Waals surface area contributed by atoms with Crippen molar-refractivity contribution < 1.29 is 0 Å². The van der Waals surface area contributed by atoms with Crippen LogP contribution in [0.5, 0.6) is 0 Å². The molecule has 1 atom stereocenters. The summed E-state index contributed by atoms with van der Waals surface area (Å²) in [5, 5.41) is 3.50. The van der Waals surface area contributed by atoms with Crippen LogP contribution in [0.25, 0.3) is 0 Å². The van der Waals surface area contributed by atoms with Gasteiger partial charge >= 0.3 is 0 Å². The molecule has 1 aromatic rings. The third-order valence-corrected chi connectivity index (χ3v) is 3.97. The van der Waals surface area contributed by atoms with Crippen LogP contribution < -0.4 is 10.2 Å². The van der Waals surface area contributed by atoms with E-state index in [0.29, 0.717) is 6.04 Å². The highest BCUT2D eigenvalue weighted by Gasteiger charge is 2.32. The average molecular weight is 246 g/mol. The Hall–Kier alpha value is -1.16. The largest absolute Gasteiger partial charge is 0.352 e. The molecule has 2 aliphatic rings. The minimum absolute atomic E-state index is 0.710. The second kappa shape index (κ2) is 5.22. The van der Waals surface area contributed by atoms with E-state index in [4.69, 9.17) is 0 Å². The van der Waals surface area contributed by atoms with Crippen LogP contribution in [-0.2, 0) is 0 Å². The highest BCUT2D eigenvalue weighted by atomic mass is 15.2. The Morgan fingerprint density at radius 2 is 2.11 bits per heavy atom. The van der Waals surface area contributed by atoms with Gasteiger partial charge in [-0.1, -0.05) is 0 Å². The molecular weight excluding hydrogens is 224 g/mol. The van der Waals surface area contributed by atoms with Gasteiger partial charge < -0.3 is 10.2 Å². The Labute approximate surface area is 109 Å². The molecule has 0 spiro atoms. The second-order valence-electron chi connectivity index (χ2n) is 5.56. The summed E-state index contributed by atoms with van der Waals surface area (Å²) >= 11 is 0. The van der Waals surface area contributed by atoms with Crippen LogP contribution in [0.15, 0.2) is 12.4 Å². The van der Waals surface area contributed by atoms with Gasteiger partial charge in [0.05, 0.1) is 5.69 Å². The molecule has 0 bridgehead atoms. The first-order chi connectivity index (χ1) is 8.84. The molecule has 1 saturated carbocycles. The predicted molar refractivity (Wildman–Crippen MR) is 72.7 cm³/mol. The van der Waals surface area contributed by atoms with E-state index in [0.717, 1.165) is 30.5 Å². The molecule has 1 unspecified atom stereocenters. The Bertz CT molecular complexity index is 397. The average Bonchev–Trinajstić information content (AvgIpc) is 3.23. The maximum Gasteiger partial charge on any atom is 0.150 e. The molecule has 1 saturated heterocycles. The smallest absolute Gasteiger partial charge is 0.150 e. The fourth-order valence-electron chi connectivity index (χ4n) is 2.83. The summed E-state index contributed by atoms with van der Waals surface area (Å²) in [6.45, 7) is 5.54. The van der Waals surface area contributed by atoms with Crippen molar-refractivity contribution in [3.8, 4) is 0 Å². The fraction of sp³-hybridized carbons (Fsp3) is 0.714. The van der Waals surface area contributed by atoms with Crippen molar-refractivity contribution in [2.45, 2.75) is 38.6 Å². The molecule has 1 aromatic heterocycles. The predicted octanol–water partition coefficient (Wildman–Crippen LogP) is 1.75. The molecule has 0 aromatic carbocycles. The first kappa shape index (κ1) is 11.9. The van der Waals surface area contributed by atoms with Crippen LogP contribution in [0.2, 0.25) is 0 Å². The zero-order chi connectivity index (χ0) is 12.4. The van der Waals surface area contributed by atoms with Crippen molar-refractivity contribution in [2.75, 3.05) is 24.5 Å². The highest BCUT2D eigenvalue weighted by Crippen LogP contribution is 2.32. The maximum absolute atomic E-state index is 4.55. The van der Waals surface area contributed by atoms with Crippen molar-refractivity contribution in [3.63, 3.8) is 0 Å². The Morgan fingerprint density at radius 1 is 1.28 bits per heavy atom. The van der Waals surface area contributed by atoms with Gasteiger partial charge in [-0.2, -0.15) is 0 Å². The van der Waals surface area contributed by atoms with Gasteiger partial charge in [0.25, 0.3) is 0 Å². The Morgan fingerprint density at radius 3 is 2.78 bits per heavy atom. The third-order valence-electron chi connectivity index (χ3n) is 3.97. The molecule has 18 heavy (non-hydrogen) atoms. The lowest BCUT2D eigenvalue weighted by atomic mass is 9.99. The number of aromatic nitrogens is 2. The monoisotopic (exact) mass is 246 g/mol. The van der Waals surface area contributed by atoms with Gasteiger partial charge in [-0.3, -0.25) is 4.98 Å². The van der Waals surface area contributed by atoms with Crippen LogP contribution in [-0.4, -0.2) is 35.6 Å². The van der Waals surface area contributed by atoms with E-state index in [2.05, 4.69) is 27.1 Å². The maximum atomic E-state index is 4.55. The van der Waals surface area contributed by atoms with Gasteiger partial charge in [0.2, 0.25) is 0 Å². The van der Waals surface area contributed by atoms with E-state index in [9.17, 15) is 0 Å². The van der Waals surface area contributed by atoms with E-state index >= 15 is 0 Å². The summed E-state index contributed by atoms with van der Waals surface area (Å²) in [6, 6.07) is 0.710. The number of nitrogens with one attached hydrogen (secondary N) is 1. The topological polar surface area (TPSA) is 41.1 Å². The third kappa shape index (κ3) is 2.64. The minimum atomic E-state index is 0.710. The number of anilines is 1.